The lowest BCUT2D eigenvalue weighted by molar-refractivity contribution is -0.147. The fourth-order valence-corrected chi connectivity index (χ4v) is 5.48. The van der Waals surface area contributed by atoms with E-state index in [0.29, 0.717) is 32.5 Å². The van der Waals surface area contributed by atoms with Crippen molar-refractivity contribution in [3.63, 3.8) is 0 Å². The zero-order valence-corrected chi connectivity index (χ0v) is 29.0. The van der Waals surface area contributed by atoms with E-state index in [-0.39, 0.29) is 52.0 Å². The number of epoxide rings is 1. The van der Waals surface area contributed by atoms with Gasteiger partial charge in [0.15, 0.2) is 0 Å². The van der Waals surface area contributed by atoms with Crippen molar-refractivity contribution in [2.75, 3.05) is 46.1 Å². The maximum atomic E-state index is 13.3. The number of carbonyl (C=O) groups is 4. The Hall–Kier alpha value is -4.59. The second kappa shape index (κ2) is 17.6. The minimum absolute atomic E-state index is 0.0860. The van der Waals surface area contributed by atoms with Gasteiger partial charge in [-0.25, -0.2) is 42.6 Å². The minimum Gasteiger partial charge on any atom is -0.465 e. The van der Waals surface area contributed by atoms with Crippen molar-refractivity contribution in [1.29, 1.82) is 0 Å². The van der Waals surface area contributed by atoms with E-state index >= 15 is 0 Å². The van der Waals surface area contributed by atoms with Crippen LogP contribution in [0.3, 0.4) is 0 Å². The van der Waals surface area contributed by atoms with E-state index in [0.717, 1.165) is 4.90 Å². The average molecular weight is 723 g/mol. The molecule has 4 heterocycles. The predicted octanol–water partition coefficient (Wildman–Crippen LogP) is -1.19. The Bertz CT molecular complexity index is 1680. The third-order valence-corrected chi connectivity index (χ3v) is 8.16. The van der Waals surface area contributed by atoms with Crippen molar-refractivity contribution in [2.24, 2.45) is 5.92 Å². The molecule has 19 heteroatoms. The topological polar surface area (TPSA) is 225 Å². The van der Waals surface area contributed by atoms with E-state index in [1.165, 1.54) is 15.9 Å². The number of urea groups is 2. The number of aromatic nitrogens is 3. The van der Waals surface area contributed by atoms with Crippen molar-refractivity contribution in [3.05, 3.63) is 56.0 Å². The Balaban J connectivity index is 1.46. The third kappa shape index (κ3) is 10.0. The van der Waals surface area contributed by atoms with Gasteiger partial charge in [-0.15, -0.1) is 6.58 Å². The molecule has 0 spiro atoms. The predicted molar refractivity (Wildman–Crippen MR) is 176 cm³/mol. The molecule has 282 valence electrons. The Morgan fingerprint density at radius 1 is 0.941 bits per heavy atom. The SMILES string of the molecule is C=CCOCC(O)Cn1c(=O)n(CCC(=O)OCC2C=C3N(C2)C(=O)N(CC(O)CC)C(=O)N3CC2CO2)c(=O)n(CCC(=O)OC(C)C)c1=O. The van der Waals surface area contributed by atoms with Gasteiger partial charge in [0.1, 0.15) is 5.82 Å². The normalized spacial score (nSPS) is 19.6. The lowest BCUT2D eigenvalue weighted by atomic mass is 10.2. The molecule has 1 aromatic rings. The summed E-state index contributed by atoms with van der Waals surface area (Å²) in [5.74, 6) is -1.66. The molecule has 0 bridgehead atoms. The van der Waals surface area contributed by atoms with Crippen LogP contribution in [0.5, 0.6) is 0 Å². The molecule has 4 amide bonds. The number of hydrogen-bond donors (Lipinski definition) is 2. The summed E-state index contributed by atoms with van der Waals surface area (Å²) in [4.78, 5) is 95.1. The summed E-state index contributed by atoms with van der Waals surface area (Å²) in [5, 5.41) is 20.6. The van der Waals surface area contributed by atoms with Gasteiger partial charge in [0.25, 0.3) is 0 Å². The molecule has 0 aromatic carbocycles. The molecule has 4 unspecified atom stereocenters. The minimum atomic E-state index is -1.32. The van der Waals surface area contributed by atoms with Gasteiger partial charge in [0.05, 0.1) is 83.3 Å². The smallest absolute Gasteiger partial charge is 0.336 e. The molecule has 51 heavy (non-hydrogen) atoms. The van der Waals surface area contributed by atoms with Gasteiger partial charge in [0, 0.05) is 25.6 Å². The van der Waals surface area contributed by atoms with Crippen LogP contribution in [-0.2, 0) is 48.2 Å². The number of amides is 4. The molecule has 2 saturated heterocycles. The molecular weight excluding hydrogens is 676 g/mol. The van der Waals surface area contributed by atoms with Crippen LogP contribution in [0.15, 0.2) is 38.9 Å². The van der Waals surface area contributed by atoms with Gasteiger partial charge in [0.2, 0.25) is 0 Å². The highest BCUT2D eigenvalue weighted by atomic mass is 16.6. The molecule has 2 N–H and O–H groups in total. The molecule has 0 saturated carbocycles. The van der Waals surface area contributed by atoms with Crippen molar-refractivity contribution in [3.8, 4) is 0 Å². The molecule has 19 nitrogen and oxygen atoms in total. The number of hydrogen-bond acceptors (Lipinski definition) is 13. The number of rotatable bonds is 20. The van der Waals surface area contributed by atoms with Crippen LogP contribution in [0.2, 0.25) is 0 Å². The number of aliphatic hydroxyl groups is 2. The lowest BCUT2D eigenvalue weighted by Gasteiger charge is -2.41. The number of nitrogens with zero attached hydrogens (tertiary/aromatic N) is 6. The summed E-state index contributed by atoms with van der Waals surface area (Å²) in [6.45, 7) is 7.27. The first kappa shape index (κ1) is 39.2. The summed E-state index contributed by atoms with van der Waals surface area (Å²) >= 11 is 0. The van der Waals surface area contributed by atoms with Crippen molar-refractivity contribution in [1.82, 2.24) is 28.4 Å². The van der Waals surface area contributed by atoms with Crippen molar-refractivity contribution >= 4 is 24.0 Å². The quantitative estimate of drug-likeness (QED) is 0.0700. The van der Waals surface area contributed by atoms with E-state index < -0.39 is 91.4 Å². The number of aliphatic hydroxyl groups excluding tert-OH is 2. The first-order valence-electron chi connectivity index (χ1n) is 16.8. The number of β-amino-alcohol motifs (C(OH)–C–C–N with tert-alkyl or cyclic N) is 1. The van der Waals surface area contributed by atoms with Crippen molar-refractivity contribution < 1.29 is 48.3 Å². The van der Waals surface area contributed by atoms with Crippen LogP contribution in [0.4, 0.5) is 9.59 Å². The summed E-state index contributed by atoms with van der Waals surface area (Å²) in [5.41, 5.74) is -3.21. The van der Waals surface area contributed by atoms with E-state index in [2.05, 4.69) is 6.58 Å². The summed E-state index contributed by atoms with van der Waals surface area (Å²) in [7, 11) is 0. The van der Waals surface area contributed by atoms with Gasteiger partial charge < -0.3 is 29.2 Å². The molecule has 3 aliphatic rings. The fourth-order valence-electron chi connectivity index (χ4n) is 5.48. The lowest BCUT2D eigenvalue weighted by Crippen LogP contribution is -2.60. The number of imide groups is 1. The zero-order valence-electron chi connectivity index (χ0n) is 29.0. The van der Waals surface area contributed by atoms with Gasteiger partial charge in [-0.3, -0.25) is 19.4 Å². The van der Waals surface area contributed by atoms with E-state index in [1.54, 1.807) is 26.8 Å². The second-order valence-corrected chi connectivity index (χ2v) is 12.7. The van der Waals surface area contributed by atoms with Crippen molar-refractivity contribution in [2.45, 2.75) is 84.1 Å². The Morgan fingerprint density at radius 3 is 2.16 bits per heavy atom. The Kier molecular flexibility index (Phi) is 13.5. The van der Waals surface area contributed by atoms with Crippen LogP contribution < -0.4 is 17.1 Å². The highest BCUT2D eigenvalue weighted by Gasteiger charge is 2.46. The molecule has 0 radical (unpaired) electrons. The molecule has 4 rings (SSSR count). The molecule has 4 atom stereocenters. The zero-order chi connectivity index (χ0) is 37.4. The molecule has 1 aromatic heterocycles. The van der Waals surface area contributed by atoms with E-state index in [1.807, 2.05) is 0 Å². The van der Waals surface area contributed by atoms with Crippen LogP contribution in [0.25, 0.3) is 0 Å². The summed E-state index contributed by atoms with van der Waals surface area (Å²) < 4.78 is 22.9. The Labute approximate surface area is 292 Å². The molecule has 3 aliphatic heterocycles. The third-order valence-electron chi connectivity index (χ3n) is 8.16. The number of carbonyl (C=O) groups excluding carboxylic acids is 4. The maximum absolute atomic E-state index is 13.3. The van der Waals surface area contributed by atoms with Crippen LogP contribution in [0.1, 0.15) is 40.0 Å². The first-order valence-corrected chi connectivity index (χ1v) is 16.8. The largest absolute Gasteiger partial charge is 0.465 e. The first-order chi connectivity index (χ1) is 24.2. The monoisotopic (exact) mass is 722 g/mol. The molecule has 2 fully saturated rings. The standard InChI is InChI=1S/C32H46N6O13/c1-5-11-48-18-23(40)15-38-29(44)33(28(43)34(30(38)45)10-8-27(42)51-20(3)4)9-7-26(41)50-17-21-12-25-35(13-21)31(46)37(14-22(39)6-2)32(47)36(25)16-24-19-49-24/h5,12,20-24,39-40H,1,6-11,13-19H2,2-4H3. The highest BCUT2D eigenvalue weighted by molar-refractivity contribution is 5.98. The number of esters is 2. The molecular formula is C32H46N6O13. The maximum Gasteiger partial charge on any atom is 0.336 e. The van der Waals surface area contributed by atoms with Gasteiger partial charge in [-0.2, -0.15) is 0 Å². The van der Waals surface area contributed by atoms with Crippen LogP contribution in [0, 0.1) is 5.92 Å². The van der Waals surface area contributed by atoms with Gasteiger partial charge in [-0.05, 0) is 26.3 Å². The fraction of sp³-hybridized carbons (Fsp3) is 0.656. The van der Waals surface area contributed by atoms with Gasteiger partial charge in [-0.1, -0.05) is 13.0 Å². The molecule has 0 aliphatic carbocycles. The van der Waals surface area contributed by atoms with Crippen LogP contribution in [-0.4, -0.2) is 133 Å². The van der Waals surface area contributed by atoms with E-state index in [4.69, 9.17) is 18.9 Å². The Morgan fingerprint density at radius 2 is 1.57 bits per heavy atom. The summed E-state index contributed by atoms with van der Waals surface area (Å²) in [6, 6.07) is -1.20. The van der Waals surface area contributed by atoms with E-state index in [9.17, 15) is 43.8 Å². The number of fused-ring (bicyclic) bond motifs is 1. The van der Waals surface area contributed by atoms with Gasteiger partial charge >= 0.3 is 41.1 Å². The second-order valence-electron chi connectivity index (χ2n) is 12.7. The average Bonchev–Trinajstić information content (AvgIpc) is 3.81. The number of ether oxygens (including phenoxy) is 4. The summed E-state index contributed by atoms with van der Waals surface area (Å²) in [6.07, 6.45) is -0.239. The highest BCUT2D eigenvalue weighted by Crippen LogP contribution is 2.32. The van der Waals surface area contributed by atoms with Crippen LogP contribution >= 0.6 is 0 Å².